The third-order valence-electron chi connectivity index (χ3n) is 3.47. The highest BCUT2D eigenvalue weighted by atomic mass is 16.5. The second-order valence-electron chi connectivity index (χ2n) is 4.36. The summed E-state index contributed by atoms with van der Waals surface area (Å²) >= 11 is 0. The first-order valence-electron chi connectivity index (χ1n) is 5.13. The number of ether oxygens (including phenoxy) is 1. The number of aliphatic hydroxyl groups is 1. The van der Waals surface area contributed by atoms with Gasteiger partial charge >= 0.3 is 0 Å². The molecule has 0 spiro atoms. The lowest BCUT2D eigenvalue weighted by Gasteiger charge is -2.28. The highest BCUT2D eigenvalue weighted by Crippen LogP contribution is 2.48. The van der Waals surface area contributed by atoms with Crippen molar-refractivity contribution in [2.45, 2.75) is 12.5 Å². The van der Waals surface area contributed by atoms with E-state index in [2.05, 4.69) is 0 Å². The van der Waals surface area contributed by atoms with Crippen LogP contribution in [-0.2, 0) is 4.74 Å². The summed E-state index contributed by atoms with van der Waals surface area (Å²) in [5.41, 5.74) is 1.03. The van der Waals surface area contributed by atoms with Gasteiger partial charge in [0.2, 0.25) is 0 Å². The van der Waals surface area contributed by atoms with E-state index >= 15 is 0 Å². The molecule has 1 aliphatic carbocycles. The van der Waals surface area contributed by atoms with Crippen LogP contribution < -0.4 is 0 Å². The summed E-state index contributed by atoms with van der Waals surface area (Å²) in [6, 6.07) is 7.53. The number of carbonyl (C=O) groups is 1. The Balaban J connectivity index is 2.19. The Morgan fingerprint density at radius 1 is 1.47 bits per heavy atom. The molecule has 15 heavy (non-hydrogen) atoms. The predicted molar refractivity (Wildman–Crippen MR) is 53.6 cm³/mol. The minimum Gasteiger partial charge on any atom is -0.395 e. The molecule has 3 nitrogen and oxygen atoms in total. The van der Waals surface area contributed by atoms with Crippen LogP contribution in [-0.4, -0.2) is 24.1 Å². The lowest BCUT2D eigenvalue weighted by molar-refractivity contribution is 0.0574. The molecule has 3 rings (SSSR count). The van der Waals surface area contributed by atoms with Gasteiger partial charge in [-0.15, -0.1) is 0 Å². The first-order chi connectivity index (χ1) is 7.27. The van der Waals surface area contributed by atoms with Crippen molar-refractivity contribution in [2.75, 3.05) is 13.2 Å². The average Bonchev–Trinajstić information content (AvgIpc) is 2.69. The van der Waals surface area contributed by atoms with E-state index < -0.39 is 5.41 Å². The number of rotatable bonds is 1. The van der Waals surface area contributed by atoms with Crippen LogP contribution in [0.15, 0.2) is 24.3 Å². The minimum absolute atomic E-state index is 0.00829. The molecular weight excluding hydrogens is 192 g/mol. The van der Waals surface area contributed by atoms with E-state index in [1.54, 1.807) is 0 Å². The maximum Gasteiger partial charge on any atom is 0.174 e. The van der Waals surface area contributed by atoms with Gasteiger partial charge in [-0.1, -0.05) is 24.3 Å². The molecular formula is C12H12O3. The molecule has 0 saturated carbocycles. The Labute approximate surface area is 87.7 Å². The van der Waals surface area contributed by atoms with Gasteiger partial charge in [-0.05, 0) is 12.0 Å². The Kier molecular flexibility index (Phi) is 1.75. The van der Waals surface area contributed by atoms with Crippen LogP contribution in [0, 0.1) is 5.41 Å². The zero-order valence-corrected chi connectivity index (χ0v) is 8.27. The SMILES string of the molecule is O=C1c2ccccc2[C@@H]2C[C@@]1(CO)CO2. The Morgan fingerprint density at radius 3 is 3.07 bits per heavy atom. The molecule has 0 unspecified atom stereocenters. The predicted octanol–water partition coefficient (Wildman–Crippen LogP) is 1.32. The van der Waals surface area contributed by atoms with Gasteiger partial charge in [0.05, 0.1) is 24.7 Å². The molecule has 2 atom stereocenters. The smallest absolute Gasteiger partial charge is 0.174 e. The standard InChI is InChI=1S/C12H12O3/c13-6-12-5-10(15-7-12)8-3-1-2-4-9(8)11(12)14/h1-4,10,13H,5-7H2/t10-,12+/m0/s1. The molecule has 0 aromatic heterocycles. The molecule has 1 aromatic carbocycles. The van der Waals surface area contributed by atoms with Gasteiger partial charge < -0.3 is 9.84 Å². The number of carbonyl (C=O) groups excluding carboxylic acids is 1. The summed E-state index contributed by atoms with van der Waals surface area (Å²) in [5, 5.41) is 9.36. The van der Waals surface area contributed by atoms with Crippen molar-refractivity contribution in [3.8, 4) is 0 Å². The van der Waals surface area contributed by atoms with Crippen molar-refractivity contribution in [3.63, 3.8) is 0 Å². The van der Waals surface area contributed by atoms with Crippen LogP contribution in [0.4, 0.5) is 0 Å². The van der Waals surface area contributed by atoms with E-state index in [1.807, 2.05) is 24.3 Å². The molecule has 0 radical (unpaired) electrons. The summed E-state index contributed by atoms with van der Waals surface area (Å²) in [4.78, 5) is 12.2. The summed E-state index contributed by atoms with van der Waals surface area (Å²) in [6.07, 6.45) is 0.616. The molecule has 1 aromatic rings. The summed E-state index contributed by atoms with van der Waals surface area (Å²) in [6.45, 7) is 0.234. The van der Waals surface area contributed by atoms with E-state index in [0.717, 1.165) is 11.1 Å². The van der Waals surface area contributed by atoms with Crippen LogP contribution in [0.2, 0.25) is 0 Å². The van der Waals surface area contributed by atoms with Crippen LogP contribution in [0.1, 0.15) is 28.4 Å². The first kappa shape index (κ1) is 9.07. The summed E-state index contributed by atoms with van der Waals surface area (Å²) in [7, 11) is 0. The molecule has 1 N–H and O–H groups in total. The van der Waals surface area contributed by atoms with Crippen LogP contribution in [0.25, 0.3) is 0 Å². The average molecular weight is 204 g/mol. The van der Waals surface area contributed by atoms with Crippen molar-refractivity contribution >= 4 is 5.78 Å². The molecule has 3 heteroatoms. The first-order valence-corrected chi connectivity index (χ1v) is 5.13. The van der Waals surface area contributed by atoms with E-state index in [4.69, 9.17) is 4.74 Å². The van der Waals surface area contributed by atoms with Gasteiger partial charge in [0.15, 0.2) is 5.78 Å². The van der Waals surface area contributed by atoms with Gasteiger partial charge in [-0.2, -0.15) is 0 Å². The number of hydrogen-bond acceptors (Lipinski definition) is 3. The number of ketones is 1. The zero-order chi connectivity index (χ0) is 10.5. The second kappa shape index (κ2) is 2.90. The molecule has 2 aliphatic rings. The summed E-state index contributed by atoms with van der Waals surface area (Å²) in [5.74, 6) is 0.0364. The van der Waals surface area contributed by atoms with Gasteiger partial charge in [-0.25, -0.2) is 0 Å². The zero-order valence-electron chi connectivity index (χ0n) is 8.27. The van der Waals surface area contributed by atoms with Crippen LogP contribution in [0.5, 0.6) is 0 Å². The molecule has 1 aliphatic heterocycles. The van der Waals surface area contributed by atoms with Crippen LogP contribution >= 0.6 is 0 Å². The second-order valence-corrected chi connectivity index (χ2v) is 4.36. The normalized spacial score (nSPS) is 32.9. The third kappa shape index (κ3) is 1.05. The number of Topliss-reactive ketones (excluding diaryl/α,β-unsaturated/α-hetero) is 1. The van der Waals surface area contributed by atoms with Crippen molar-refractivity contribution < 1.29 is 14.6 Å². The topological polar surface area (TPSA) is 46.5 Å². The van der Waals surface area contributed by atoms with Crippen molar-refractivity contribution in [1.82, 2.24) is 0 Å². The number of benzene rings is 1. The lowest BCUT2D eigenvalue weighted by atomic mass is 9.72. The van der Waals surface area contributed by atoms with Gasteiger partial charge in [0, 0.05) is 5.56 Å². The molecule has 78 valence electrons. The quantitative estimate of drug-likeness (QED) is 0.750. The van der Waals surface area contributed by atoms with Crippen LogP contribution in [0.3, 0.4) is 0 Å². The lowest BCUT2D eigenvalue weighted by Crippen LogP contribution is -2.37. The Bertz CT molecular complexity index is 427. The molecule has 2 bridgehead atoms. The molecule has 1 heterocycles. The summed E-state index contributed by atoms with van der Waals surface area (Å²) < 4.78 is 5.59. The largest absolute Gasteiger partial charge is 0.395 e. The van der Waals surface area contributed by atoms with Gasteiger partial charge in [0.25, 0.3) is 0 Å². The Morgan fingerprint density at radius 2 is 2.27 bits per heavy atom. The minimum atomic E-state index is -0.668. The maximum absolute atomic E-state index is 12.2. The van der Waals surface area contributed by atoms with Gasteiger partial charge in [-0.3, -0.25) is 4.79 Å². The number of hydrogen-bond donors (Lipinski definition) is 1. The van der Waals surface area contributed by atoms with Crippen molar-refractivity contribution in [1.29, 1.82) is 0 Å². The monoisotopic (exact) mass is 204 g/mol. The van der Waals surface area contributed by atoms with E-state index in [9.17, 15) is 9.90 Å². The van der Waals surface area contributed by atoms with Gasteiger partial charge in [0.1, 0.15) is 0 Å². The fraction of sp³-hybridized carbons (Fsp3) is 0.417. The Hall–Kier alpha value is -1.19. The number of fused-ring (bicyclic) bond motifs is 4. The fourth-order valence-corrected chi connectivity index (χ4v) is 2.54. The fourth-order valence-electron chi connectivity index (χ4n) is 2.54. The highest BCUT2D eigenvalue weighted by molar-refractivity contribution is 6.03. The van der Waals surface area contributed by atoms with E-state index in [1.165, 1.54) is 0 Å². The molecule has 1 saturated heterocycles. The highest BCUT2D eigenvalue weighted by Gasteiger charge is 2.51. The van der Waals surface area contributed by atoms with Crippen molar-refractivity contribution in [3.05, 3.63) is 35.4 Å². The number of aliphatic hydroxyl groups excluding tert-OH is 1. The van der Waals surface area contributed by atoms with E-state index in [-0.39, 0.29) is 18.5 Å². The molecule has 1 fully saturated rings. The third-order valence-corrected chi connectivity index (χ3v) is 3.47. The van der Waals surface area contributed by atoms with E-state index in [0.29, 0.717) is 13.0 Å². The molecule has 0 amide bonds. The van der Waals surface area contributed by atoms with Crippen molar-refractivity contribution in [2.24, 2.45) is 5.41 Å². The maximum atomic E-state index is 12.2.